The molecule has 0 aliphatic carbocycles. The van der Waals surface area contributed by atoms with Crippen LogP contribution in [0.15, 0.2) is 36.5 Å². The maximum Gasteiger partial charge on any atom is 0.129 e. The van der Waals surface area contributed by atoms with Crippen LogP contribution in [0.1, 0.15) is 6.42 Å². The SMILES string of the molecule is c1cc(O[C@H]2CCNC2)c2cccnc2c1. The third-order valence-electron chi connectivity index (χ3n) is 2.91. The van der Waals surface area contributed by atoms with Crippen LogP contribution in [-0.4, -0.2) is 24.2 Å². The Balaban J connectivity index is 1.96. The minimum absolute atomic E-state index is 0.297. The third kappa shape index (κ3) is 1.74. The van der Waals surface area contributed by atoms with Gasteiger partial charge in [0.1, 0.15) is 11.9 Å². The summed E-state index contributed by atoms with van der Waals surface area (Å²) in [6, 6.07) is 10.0. The average molecular weight is 214 g/mol. The molecule has 1 atom stereocenters. The molecule has 1 saturated heterocycles. The van der Waals surface area contributed by atoms with Gasteiger partial charge in [0, 0.05) is 18.1 Å². The summed E-state index contributed by atoms with van der Waals surface area (Å²) < 4.78 is 5.99. The van der Waals surface area contributed by atoms with E-state index in [1.54, 1.807) is 0 Å². The van der Waals surface area contributed by atoms with Gasteiger partial charge in [-0.2, -0.15) is 0 Å². The Labute approximate surface area is 94.5 Å². The zero-order valence-electron chi connectivity index (χ0n) is 9.02. The molecule has 1 aromatic carbocycles. The van der Waals surface area contributed by atoms with E-state index in [1.807, 2.05) is 30.5 Å². The van der Waals surface area contributed by atoms with Crippen LogP contribution in [0.5, 0.6) is 5.75 Å². The molecule has 1 aliphatic heterocycles. The Morgan fingerprint density at radius 3 is 3.12 bits per heavy atom. The topological polar surface area (TPSA) is 34.1 Å². The summed E-state index contributed by atoms with van der Waals surface area (Å²) in [5, 5.41) is 4.39. The van der Waals surface area contributed by atoms with Crippen LogP contribution in [0.4, 0.5) is 0 Å². The van der Waals surface area contributed by atoms with E-state index in [2.05, 4.69) is 16.4 Å². The highest BCUT2D eigenvalue weighted by molar-refractivity contribution is 5.84. The van der Waals surface area contributed by atoms with Crippen LogP contribution < -0.4 is 10.1 Å². The highest BCUT2D eigenvalue weighted by atomic mass is 16.5. The molecule has 16 heavy (non-hydrogen) atoms. The molecule has 2 aromatic rings. The summed E-state index contributed by atoms with van der Waals surface area (Å²) in [4.78, 5) is 4.32. The second-order valence-electron chi connectivity index (χ2n) is 4.06. The van der Waals surface area contributed by atoms with E-state index in [9.17, 15) is 0 Å². The summed E-state index contributed by atoms with van der Waals surface area (Å²) >= 11 is 0. The van der Waals surface area contributed by atoms with Crippen molar-refractivity contribution in [1.82, 2.24) is 10.3 Å². The molecule has 3 nitrogen and oxygen atoms in total. The van der Waals surface area contributed by atoms with E-state index in [0.717, 1.165) is 36.2 Å². The molecule has 0 saturated carbocycles. The predicted octanol–water partition coefficient (Wildman–Crippen LogP) is 1.98. The minimum Gasteiger partial charge on any atom is -0.488 e. The molecule has 3 rings (SSSR count). The maximum atomic E-state index is 5.99. The molecule has 2 heterocycles. The Morgan fingerprint density at radius 1 is 1.25 bits per heavy atom. The van der Waals surface area contributed by atoms with Crippen LogP contribution in [0, 0.1) is 0 Å². The van der Waals surface area contributed by atoms with Gasteiger partial charge in [0.05, 0.1) is 5.52 Å². The lowest BCUT2D eigenvalue weighted by atomic mass is 10.2. The fraction of sp³-hybridized carbons (Fsp3) is 0.308. The zero-order chi connectivity index (χ0) is 10.8. The monoisotopic (exact) mass is 214 g/mol. The van der Waals surface area contributed by atoms with Crippen molar-refractivity contribution in [1.29, 1.82) is 0 Å². The number of hydrogen-bond acceptors (Lipinski definition) is 3. The molecule has 0 spiro atoms. The lowest BCUT2D eigenvalue weighted by molar-refractivity contribution is 0.226. The van der Waals surface area contributed by atoms with Gasteiger partial charge in [-0.3, -0.25) is 4.98 Å². The summed E-state index contributed by atoms with van der Waals surface area (Å²) in [6.45, 7) is 1.99. The number of hydrogen-bond donors (Lipinski definition) is 1. The highest BCUT2D eigenvalue weighted by Gasteiger charge is 2.16. The van der Waals surface area contributed by atoms with Crippen molar-refractivity contribution >= 4 is 10.9 Å². The molecular formula is C13H14N2O. The summed E-state index contributed by atoms with van der Waals surface area (Å²) in [7, 11) is 0. The molecule has 0 unspecified atom stereocenters. The zero-order valence-corrected chi connectivity index (χ0v) is 9.02. The van der Waals surface area contributed by atoms with E-state index in [0.29, 0.717) is 6.10 Å². The van der Waals surface area contributed by atoms with Crippen molar-refractivity contribution in [3.63, 3.8) is 0 Å². The first-order chi connectivity index (χ1) is 7.93. The Morgan fingerprint density at radius 2 is 2.25 bits per heavy atom. The molecule has 82 valence electrons. The van der Waals surface area contributed by atoms with Crippen LogP contribution in [-0.2, 0) is 0 Å². The van der Waals surface area contributed by atoms with Crippen molar-refractivity contribution in [2.24, 2.45) is 0 Å². The highest BCUT2D eigenvalue weighted by Crippen LogP contribution is 2.25. The van der Waals surface area contributed by atoms with Crippen LogP contribution in [0.3, 0.4) is 0 Å². The van der Waals surface area contributed by atoms with Gasteiger partial charge < -0.3 is 10.1 Å². The van der Waals surface area contributed by atoms with Crippen molar-refractivity contribution < 1.29 is 4.74 Å². The quantitative estimate of drug-likeness (QED) is 0.830. The molecule has 0 amide bonds. The van der Waals surface area contributed by atoms with Crippen molar-refractivity contribution in [2.75, 3.05) is 13.1 Å². The number of rotatable bonds is 2. The first-order valence-corrected chi connectivity index (χ1v) is 5.64. The molecule has 1 aliphatic rings. The van der Waals surface area contributed by atoms with Crippen LogP contribution in [0.25, 0.3) is 10.9 Å². The van der Waals surface area contributed by atoms with Gasteiger partial charge in [-0.1, -0.05) is 6.07 Å². The van der Waals surface area contributed by atoms with Crippen molar-refractivity contribution in [3.05, 3.63) is 36.5 Å². The Kier molecular flexibility index (Phi) is 2.46. The number of nitrogens with one attached hydrogen (secondary N) is 1. The van der Waals surface area contributed by atoms with Gasteiger partial charge in [0.2, 0.25) is 0 Å². The standard InChI is InChI=1S/C13H14N2O/c1-4-12-11(3-2-7-15-12)13(5-1)16-10-6-8-14-9-10/h1-5,7,10,14H,6,8-9H2/t10-/m0/s1. The van der Waals surface area contributed by atoms with Gasteiger partial charge in [-0.05, 0) is 37.2 Å². The van der Waals surface area contributed by atoms with Gasteiger partial charge in [-0.15, -0.1) is 0 Å². The first kappa shape index (κ1) is 9.60. The molecule has 3 heteroatoms. The number of benzene rings is 1. The van der Waals surface area contributed by atoms with Crippen LogP contribution in [0.2, 0.25) is 0 Å². The van der Waals surface area contributed by atoms with Gasteiger partial charge in [-0.25, -0.2) is 0 Å². The first-order valence-electron chi connectivity index (χ1n) is 5.64. The molecule has 1 aromatic heterocycles. The van der Waals surface area contributed by atoms with E-state index in [1.165, 1.54) is 0 Å². The maximum absolute atomic E-state index is 5.99. The second-order valence-corrected chi connectivity index (χ2v) is 4.06. The molecular weight excluding hydrogens is 200 g/mol. The molecule has 0 radical (unpaired) electrons. The number of ether oxygens (including phenoxy) is 1. The van der Waals surface area contributed by atoms with Gasteiger partial charge in [0.15, 0.2) is 0 Å². The molecule has 1 N–H and O–H groups in total. The average Bonchev–Trinajstić information content (AvgIpc) is 2.82. The normalized spacial score (nSPS) is 20.1. The number of aromatic nitrogens is 1. The number of nitrogens with zero attached hydrogens (tertiary/aromatic N) is 1. The summed E-state index contributed by atoms with van der Waals surface area (Å²) in [5.74, 6) is 0.944. The molecule has 0 bridgehead atoms. The van der Waals surface area contributed by atoms with Gasteiger partial charge in [0.25, 0.3) is 0 Å². The Bertz CT molecular complexity index is 487. The largest absolute Gasteiger partial charge is 0.488 e. The summed E-state index contributed by atoms with van der Waals surface area (Å²) in [5.41, 5.74) is 0.992. The minimum atomic E-state index is 0.297. The fourth-order valence-electron chi connectivity index (χ4n) is 2.09. The summed E-state index contributed by atoms with van der Waals surface area (Å²) in [6.07, 6.45) is 3.19. The van der Waals surface area contributed by atoms with Crippen molar-refractivity contribution in [3.8, 4) is 5.75 Å². The fourth-order valence-corrected chi connectivity index (χ4v) is 2.09. The predicted molar refractivity (Wildman–Crippen MR) is 63.6 cm³/mol. The second kappa shape index (κ2) is 4.10. The van der Waals surface area contributed by atoms with Crippen molar-refractivity contribution in [2.45, 2.75) is 12.5 Å². The lowest BCUT2D eigenvalue weighted by Crippen LogP contribution is -2.19. The third-order valence-corrected chi connectivity index (χ3v) is 2.91. The van der Waals surface area contributed by atoms with E-state index < -0.39 is 0 Å². The Hall–Kier alpha value is -1.61. The number of fused-ring (bicyclic) bond motifs is 1. The van der Waals surface area contributed by atoms with E-state index in [4.69, 9.17) is 4.74 Å². The molecule has 1 fully saturated rings. The smallest absolute Gasteiger partial charge is 0.129 e. The van der Waals surface area contributed by atoms with Crippen LogP contribution >= 0.6 is 0 Å². The number of pyridine rings is 1. The van der Waals surface area contributed by atoms with E-state index in [-0.39, 0.29) is 0 Å². The lowest BCUT2D eigenvalue weighted by Gasteiger charge is -2.13. The van der Waals surface area contributed by atoms with E-state index >= 15 is 0 Å². The van der Waals surface area contributed by atoms with Gasteiger partial charge >= 0.3 is 0 Å².